The lowest BCUT2D eigenvalue weighted by Gasteiger charge is -2.10. The van der Waals surface area contributed by atoms with Gasteiger partial charge in [-0.15, -0.1) is 0 Å². The Kier molecular flexibility index (Phi) is 3.85. The van der Waals surface area contributed by atoms with E-state index >= 15 is 0 Å². The van der Waals surface area contributed by atoms with Crippen LogP contribution in [0.2, 0.25) is 0 Å². The average Bonchev–Trinajstić information content (AvgIpc) is 2.46. The van der Waals surface area contributed by atoms with Gasteiger partial charge in [-0.1, -0.05) is 24.3 Å². The van der Waals surface area contributed by atoms with Gasteiger partial charge in [0, 0.05) is 0 Å². The van der Waals surface area contributed by atoms with Crippen LogP contribution in [0.15, 0.2) is 42.5 Å². The maximum atomic E-state index is 9.15. The minimum atomic E-state index is 0.0428. The van der Waals surface area contributed by atoms with Crippen LogP contribution >= 0.6 is 0 Å². The second kappa shape index (κ2) is 5.56. The van der Waals surface area contributed by atoms with Crippen molar-refractivity contribution in [1.82, 2.24) is 0 Å². The molecule has 1 N–H and O–H groups in total. The van der Waals surface area contributed by atoms with E-state index in [-0.39, 0.29) is 6.61 Å². The molecular weight excluding hydrogens is 228 g/mol. The van der Waals surface area contributed by atoms with Crippen LogP contribution < -0.4 is 9.47 Å². The molecule has 2 aromatic carbocycles. The maximum Gasteiger partial charge on any atom is 0.161 e. The molecule has 0 saturated heterocycles. The van der Waals surface area contributed by atoms with Gasteiger partial charge in [0.2, 0.25) is 0 Å². The zero-order valence-corrected chi connectivity index (χ0v) is 10.5. The molecule has 0 amide bonds. The normalized spacial score (nSPS) is 10.2. The van der Waals surface area contributed by atoms with Gasteiger partial charge in [-0.25, -0.2) is 0 Å². The van der Waals surface area contributed by atoms with E-state index in [1.54, 1.807) is 14.2 Å². The Balaban J connectivity index is 2.43. The van der Waals surface area contributed by atoms with Gasteiger partial charge >= 0.3 is 0 Å². The molecule has 0 unspecified atom stereocenters. The number of aliphatic hydroxyl groups is 1. The van der Waals surface area contributed by atoms with Crippen molar-refractivity contribution in [3.05, 3.63) is 48.0 Å². The zero-order valence-electron chi connectivity index (χ0n) is 10.5. The lowest BCUT2D eigenvalue weighted by molar-refractivity contribution is 0.282. The lowest BCUT2D eigenvalue weighted by Crippen LogP contribution is -1.91. The summed E-state index contributed by atoms with van der Waals surface area (Å²) in [7, 11) is 3.23. The van der Waals surface area contributed by atoms with Gasteiger partial charge in [0.15, 0.2) is 11.5 Å². The number of hydrogen-bond acceptors (Lipinski definition) is 3. The molecule has 2 rings (SSSR count). The van der Waals surface area contributed by atoms with Gasteiger partial charge < -0.3 is 14.6 Å². The van der Waals surface area contributed by atoms with Crippen LogP contribution in [0.1, 0.15) is 5.56 Å². The molecule has 0 bridgehead atoms. The molecule has 0 aliphatic rings. The molecule has 94 valence electrons. The first-order valence-electron chi connectivity index (χ1n) is 5.70. The van der Waals surface area contributed by atoms with Gasteiger partial charge in [0.1, 0.15) is 0 Å². The minimum Gasteiger partial charge on any atom is -0.493 e. The lowest BCUT2D eigenvalue weighted by atomic mass is 10.0. The van der Waals surface area contributed by atoms with Crippen molar-refractivity contribution in [2.45, 2.75) is 6.61 Å². The first kappa shape index (κ1) is 12.5. The largest absolute Gasteiger partial charge is 0.493 e. The van der Waals surface area contributed by atoms with Gasteiger partial charge in [0.05, 0.1) is 20.8 Å². The highest BCUT2D eigenvalue weighted by Gasteiger charge is 2.06. The summed E-state index contributed by atoms with van der Waals surface area (Å²) in [5, 5.41) is 9.15. The highest BCUT2D eigenvalue weighted by molar-refractivity contribution is 5.67. The standard InChI is InChI=1S/C15H16O3/c1-17-14-7-6-13(9-15(14)18-2)12-5-3-4-11(8-12)10-16/h3-9,16H,10H2,1-2H3. The summed E-state index contributed by atoms with van der Waals surface area (Å²) in [5.41, 5.74) is 2.97. The molecule has 2 aromatic rings. The van der Waals surface area contributed by atoms with Crippen LogP contribution in [0.25, 0.3) is 11.1 Å². The highest BCUT2D eigenvalue weighted by Crippen LogP contribution is 2.32. The highest BCUT2D eigenvalue weighted by atomic mass is 16.5. The molecule has 0 saturated carbocycles. The van der Waals surface area contributed by atoms with E-state index in [0.29, 0.717) is 11.5 Å². The number of methoxy groups -OCH3 is 2. The van der Waals surface area contributed by atoms with E-state index in [9.17, 15) is 0 Å². The summed E-state index contributed by atoms with van der Waals surface area (Å²) in [6.45, 7) is 0.0428. The second-order valence-electron chi connectivity index (χ2n) is 3.93. The summed E-state index contributed by atoms with van der Waals surface area (Å²) < 4.78 is 10.5. The third kappa shape index (κ3) is 2.46. The van der Waals surface area contributed by atoms with Crippen molar-refractivity contribution >= 4 is 0 Å². The topological polar surface area (TPSA) is 38.7 Å². The van der Waals surface area contributed by atoms with Crippen molar-refractivity contribution in [1.29, 1.82) is 0 Å². The fourth-order valence-corrected chi connectivity index (χ4v) is 1.87. The molecule has 3 heteroatoms. The molecule has 0 aliphatic heterocycles. The van der Waals surface area contributed by atoms with E-state index in [1.807, 2.05) is 42.5 Å². The third-order valence-electron chi connectivity index (χ3n) is 2.83. The van der Waals surface area contributed by atoms with E-state index in [1.165, 1.54) is 0 Å². The van der Waals surface area contributed by atoms with Crippen molar-refractivity contribution in [2.24, 2.45) is 0 Å². The monoisotopic (exact) mass is 244 g/mol. The van der Waals surface area contributed by atoms with Crippen LogP contribution in [-0.4, -0.2) is 19.3 Å². The first-order valence-corrected chi connectivity index (χ1v) is 5.70. The minimum absolute atomic E-state index is 0.0428. The van der Waals surface area contributed by atoms with Crippen molar-refractivity contribution in [3.8, 4) is 22.6 Å². The first-order chi connectivity index (χ1) is 8.78. The van der Waals surface area contributed by atoms with Gasteiger partial charge in [-0.3, -0.25) is 0 Å². The number of benzene rings is 2. The smallest absolute Gasteiger partial charge is 0.161 e. The summed E-state index contributed by atoms with van der Waals surface area (Å²) in [6, 6.07) is 13.6. The Labute approximate surface area is 107 Å². The third-order valence-corrected chi connectivity index (χ3v) is 2.83. The maximum absolute atomic E-state index is 9.15. The number of ether oxygens (including phenoxy) is 2. The summed E-state index contributed by atoms with van der Waals surface area (Å²) in [6.07, 6.45) is 0. The fraction of sp³-hybridized carbons (Fsp3) is 0.200. The molecule has 3 nitrogen and oxygen atoms in total. The molecule has 0 aromatic heterocycles. The summed E-state index contributed by atoms with van der Waals surface area (Å²) >= 11 is 0. The molecule has 0 radical (unpaired) electrons. The molecule has 0 atom stereocenters. The Hall–Kier alpha value is -2.00. The van der Waals surface area contributed by atoms with Crippen LogP contribution in [0, 0.1) is 0 Å². The second-order valence-corrected chi connectivity index (χ2v) is 3.93. The predicted octanol–water partition coefficient (Wildman–Crippen LogP) is 2.86. The Morgan fingerprint density at radius 3 is 2.28 bits per heavy atom. The Bertz CT molecular complexity index is 535. The van der Waals surface area contributed by atoms with Crippen LogP contribution in [0.5, 0.6) is 11.5 Å². The average molecular weight is 244 g/mol. The van der Waals surface area contributed by atoms with Gasteiger partial charge in [-0.05, 0) is 34.9 Å². The molecular formula is C15H16O3. The van der Waals surface area contributed by atoms with E-state index < -0.39 is 0 Å². The van der Waals surface area contributed by atoms with Crippen LogP contribution in [0.4, 0.5) is 0 Å². The zero-order chi connectivity index (χ0) is 13.0. The summed E-state index contributed by atoms with van der Waals surface area (Å²) in [5.74, 6) is 1.41. The number of aliphatic hydroxyl groups excluding tert-OH is 1. The van der Waals surface area contributed by atoms with E-state index in [4.69, 9.17) is 14.6 Å². The van der Waals surface area contributed by atoms with Crippen molar-refractivity contribution in [2.75, 3.05) is 14.2 Å². The SMILES string of the molecule is COc1ccc(-c2cccc(CO)c2)cc1OC. The predicted molar refractivity (Wildman–Crippen MR) is 70.9 cm³/mol. The van der Waals surface area contributed by atoms with E-state index in [2.05, 4.69) is 0 Å². The number of hydrogen-bond donors (Lipinski definition) is 1. The molecule has 0 aliphatic carbocycles. The fourth-order valence-electron chi connectivity index (χ4n) is 1.87. The number of rotatable bonds is 4. The molecule has 0 spiro atoms. The molecule has 18 heavy (non-hydrogen) atoms. The summed E-state index contributed by atoms with van der Waals surface area (Å²) in [4.78, 5) is 0. The Morgan fingerprint density at radius 2 is 1.61 bits per heavy atom. The van der Waals surface area contributed by atoms with Crippen LogP contribution in [-0.2, 0) is 6.61 Å². The van der Waals surface area contributed by atoms with E-state index in [0.717, 1.165) is 16.7 Å². The van der Waals surface area contributed by atoms with Gasteiger partial charge in [-0.2, -0.15) is 0 Å². The van der Waals surface area contributed by atoms with Crippen molar-refractivity contribution < 1.29 is 14.6 Å². The van der Waals surface area contributed by atoms with Gasteiger partial charge in [0.25, 0.3) is 0 Å². The van der Waals surface area contributed by atoms with Crippen molar-refractivity contribution in [3.63, 3.8) is 0 Å². The molecule has 0 fully saturated rings. The quantitative estimate of drug-likeness (QED) is 0.898. The Morgan fingerprint density at radius 1 is 0.889 bits per heavy atom. The van der Waals surface area contributed by atoms with Crippen LogP contribution in [0.3, 0.4) is 0 Å². The molecule has 0 heterocycles.